The van der Waals surface area contributed by atoms with Crippen LogP contribution < -0.4 is 33.2 Å². The van der Waals surface area contributed by atoms with Crippen molar-refractivity contribution in [3.63, 3.8) is 0 Å². The van der Waals surface area contributed by atoms with Gasteiger partial charge < -0.3 is 38.3 Å². The molecule has 0 aliphatic rings. The number of carboxylic acid groups (broad SMARTS) is 1. The van der Waals surface area contributed by atoms with Crippen molar-refractivity contribution < 1.29 is 24.3 Å². The topological polar surface area (TPSA) is 215 Å². The van der Waals surface area contributed by atoms with Crippen LogP contribution in [0.25, 0.3) is 0 Å². The molecule has 1 aromatic carbocycles. The Bertz CT molecular complexity index is 903. The lowest BCUT2D eigenvalue weighted by molar-refractivity contribution is -0.142. The van der Waals surface area contributed by atoms with Crippen molar-refractivity contribution in [3.8, 4) is 0 Å². The van der Waals surface area contributed by atoms with Gasteiger partial charge in [0.15, 0.2) is 5.96 Å². The van der Waals surface area contributed by atoms with Gasteiger partial charge in [0.05, 0.1) is 6.04 Å². The van der Waals surface area contributed by atoms with Crippen molar-refractivity contribution in [2.45, 2.75) is 70.6 Å². The van der Waals surface area contributed by atoms with E-state index in [2.05, 4.69) is 20.9 Å². The number of carbonyl (C=O) groups excluding carboxylic acids is 3. The van der Waals surface area contributed by atoms with Crippen LogP contribution in [0.15, 0.2) is 35.3 Å². The number of nitrogens with two attached hydrogens (primary N) is 3. The fraction of sp³-hybridized carbons (Fsp3) is 0.542. The molecule has 0 aliphatic heterocycles. The van der Waals surface area contributed by atoms with Crippen LogP contribution in [-0.4, -0.2) is 65.5 Å². The largest absolute Gasteiger partial charge is 0.480 e. The first-order valence-electron chi connectivity index (χ1n) is 11.9. The highest BCUT2D eigenvalue weighted by Gasteiger charge is 2.28. The van der Waals surface area contributed by atoms with Gasteiger partial charge in [-0.05, 0) is 37.7 Å². The van der Waals surface area contributed by atoms with Crippen LogP contribution in [0.5, 0.6) is 0 Å². The molecule has 0 saturated heterocycles. The van der Waals surface area contributed by atoms with Crippen LogP contribution in [0.1, 0.15) is 45.6 Å². The van der Waals surface area contributed by atoms with E-state index in [4.69, 9.17) is 17.2 Å². The summed E-state index contributed by atoms with van der Waals surface area (Å²) in [7, 11) is 0. The predicted octanol–water partition coefficient (Wildman–Crippen LogP) is -0.785. The normalized spacial score (nSPS) is 14.1. The summed E-state index contributed by atoms with van der Waals surface area (Å²) >= 11 is 0. The number of amides is 3. The zero-order valence-electron chi connectivity index (χ0n) is 21.1. The third-order valence-electron chi connectivity index (χ3n) is 5.29. The molecule has 1 aromatic rings. The molecule has 36 heavy (non-hydrogen) atoms. The van der Waals surface area contributed by atoms with E-state index in [1.165, 1.54) is 6.92 Å². The summed E-state index contributed by atoms with van der Waals surface area (Å²) in [6.45, 7) is 5.54. The summed E-state index contributed by atoms with van der Waals surface area (Å²) in [5.41, 5.74) is 17.2. The van der Waals surface area contributed by atoms with Crippen molar-refractivity contribution >= 4 is 29.7 Å². The third-order valence-corrected chi connectivity index (χ3v) is 5.29. The number of hydrogen-bond acceptors (Lipinski definition) is 6. The number of benzene rings is 1. The van der Waals surface area contributed by atoms with E-state index in [-0.39, 0.29) is 18.3 Å². The lowest BCUT2D eigenvalue weighted by Crippen LogP contribution is -2.56. The molecular formula is C24H39N7O5. The standard InChI is InChI=1S/C24H39N7O5/c1-14(2)12-18(30-21(33)17(25)10-7-11-28-24(26)27)22(34)29-15(3)20(32)31-19(23(35)36)13-16-8-5-4-6-9-16/h4-6,8-9,14-15,17-19H,7,10-13,25H2,1-3H3,(H,29,34)(H,30,33)(H,31,32)(H,35,36)(H4,26,27,28). The van der Waals surface area contributed by atoms with Gasteiger partial charge in [0.1, 0.15) is 18.1 Å². The van der Waals surface area contributed by atoms with Crippen molar-refractivity contribution in [2.24, 2.45) is 28.1 Å². The summed E-state index contributed by atoms with van der Waals surface area (Å²) in [4.78, 5) is 53.5. The zero-order chi connectivity index (χ0) is 27.3. The average Bonchev–Trinajstić information content (AvgIpc) is 2.80. The molecular weight excluding hydrogens is 466 g/mol. The fourth-order valence-electron chi connectivity index (χ4n) is 3.36. The first-order chi connectivity index (χ1) is 16.9. The van der Waals surface area contributed by atoms with Crippen molar-refractivity contribution in [3.05, 3.63) is 35.9 Å². The van der Waals surface area contributed by atoms with Crippen LogP contribution in [0.4, 0.5) is 0 Å². The second kappa shape index (κ2) is 15.4. The van der Waals surface area contributed by atoms with E-state index >= 15 is 0 Å². The first-order valence-corrected chi connectivity index (χ1v) is 11.9. The monoisotopic (exact) mass is 505 g/mol. The Morgan fingerprint density at radius 1 is 0.917 bits per heavy atom. The minimum absolute atomic E-state index is 0.0467. The molecule has 0 spiro atoms. The molecule has 4 atom stereocenters. The Balaban J connectivity index is 2.72. The average molecular weight is 506 g/mol. The van der Waals surface area contributed by atoms with Gasteiger partial charge in [0, 0.05) is 13.0 Å². The van der Waals surface area contributed by atoms with Crippen molar-refractivity contribution in [1.29, 1.82) is 0 Å². The molecule has 1 rings (SSSR count). The van der Waals surface area contributed by atoms with Crippen molar-refractivity contribution in [2.75, 3.05) is 6.54 Å². The number of carbonyl (C=O) groups is 4. The van der Waals surface area contributed by atoms with Crippen LogP contribution in [-0.2, 0) is 25.6 Å². The number of rotatable bonds is 15. The molecule has 10 N–H and O–H groups in total. The highest BCUT2D eigenvalue weighted by molar-refractivity contribution is 5.93. The van der Waals surface area contributed by atoms with Gasteiger partial charge in [0.2, 0.25) is 17.7 Å². The minimum Gasteiger partial charge on any atom is -0.480 e. The molecule has 0 saturated carbocycles. The van der Waals surface area contributed by atoms with E-state index in [1.807, 2.05) is 13.8 Å². The number of nitrogens with zero attached hydrogens (tertiary/aromatic N) is 1. The number of guanidine groups is 1. The van der Waals surface area contributed by atoms with E-state index < -0.39 is 47.9 Å². The first kappa shape index (κ1) is 30.4. The second-order valence-corrected chi connectivity index (χ2v) is 9.07. The lowest BCUT2D eigenvalue weighted by atomic mass is 10.0. The molecule has 0 fully saturated rings. The Hall–Kier alpha value is -3.67. The molecule has 0 bridgehead atoms. The van der Waals surface area contributed by atoms with Gasteiger partial charge >= 0.3 is 5.97 Å². The van der Waals surface area contributed by atoms with Crippen LogP contribution in [0, 0.1) is 5.92 Å². The summed E-state index contributed by atoms with van der Waals surface area (Å²) in [6, 6.07) is 4.90. The highest BCUT2D eigenvalue weighted by atomic mass is 16.4. The van der Waals surface area contributed by atoms with E-state index in [0.717, 1.165) is 5.56 Å². The fourth-order valence-corrected chi connectivity index (χ4v) is 3.36. The zero-order valence-corrected chi connectivity index (χ0v) is 21.1. The third kappa shape index (κ3) is 11.6. The maximum absolute atomic E-state index is 12.9. The predicted molar refractivity (Wildman–Crippen MR) is 137 cm³/mol. The molecule has 0 heterocycles. The number of hydrogen-bond donors (Lipinski definition) is 7. The van der Waals surface area contributed by atoms with Gasteiger partial charge in [-0.2, -0.15) is 0 Å². The maximum atomic E-state index is 12.9. The van der Waals surface area contributed by atoms with Gasteiger partial charge in [-0.3, -0.25) is 19.4 Å². The van der Waals surface area contributed by atoms with Gasteiger partial charge in [-0.1, -0.05) is 44.2 Å². The molecule has 12 heteroatoms. The Labute approximate surface area is 211 Å². The summed E-state index contributed by atoms with van der Waals surface area (Å²) in [6.07, 6.45) is 1.21. The highest BCUT2D eigenvalue weighted by Crippen LogP contribution is 2.08. The molecule has 0 aliphatic carbocycles. The second-order valence-electron chi connectivity index (χ2n) is 9.07. The summed E-state index contributed by atoms with van der Waals surface area (Å²) in [5.74, 6) is -2.91. The molecule has 12 nitrogen and oxygen atoms in total. The van der Waals surface area contributed by atoms with E-state index in [1.54, 1.807) is 30.3 Å². The van der Waals surface area contributed by atoms with Gasteiger partial charge in [0.25, 0.3) is 0 Å². The smallest absolute Gasteiger partial charge is 0.326 e. The van der Waals surface area contributed by atoms with Crippen LogP contribution in [0.3, 0.4) is 0 Å². The molecule has 0 aromatic heterocycles. The SMILES string of the molecule is CC(C)CC(NC(=O)C(N)CCCN=C(N)N)C(=O)NC(C)C(=O)NC(Cc1ccccc1)C(=O)O. The van der Waals surface area contributed by atoms with Crippen LogP contribution >= 0.6 is 0 Å². The Kier molecular flexibility index (Phi) is 12.9. The van der Waals surface area contributed by atoms with Gasteiger partial charge in [-0.15, -0.1) is 0 Å². The van der Waals surface area contributed by atoms with Gasteiger partial charge in [-0.25, -0.2) is 4.79 Å². The molecule has 4 unspecified atom stereocenters. The minimum atomic E-state index is -1.19. The summed E-state index contributed by atoms with van der Waals surface area (Å²) < 4.78 is 0. The van der Waals surface area contributed by atoms with E-state index in [0.29, 0.717) is 25.8 Å². The Morgan fingerprint density at radius 2 is 1.53 bits per heavy atom. The Morgan fingerprint density at radius 3 is 2.08 bits per heavy atom. The number of aliphatic imine (C=N–C) groups is 1. The quantitative estimate of drug-likeness (QED) is 0.0908. The molecule has 200 valence electrons. The number of aliphatic carboxylic acids is 1. The maximum Gasteiger partial charge on any atom is 0.326 e. The number of carboxylic acids is 1. The summed E-state index contributed by atoms with van der Waals surface area (Å²) in [5, 5.41) is 17.2. The lowest BCUT2D eigenvalue weighted by Gasteiger charge is -2.24. The van der Waals surface area contributed by atoms with Crippen LogP contribution in [0.2, 0.25) is 0 Å². The van der Waals surface area contributed by atoms with Crippen molar-refractivity contribution in [1.82, 2.24) is 16.0 Å². The number of nitrogens with one attached hydrogen (secondary N) is 3. The molecule has 3 amide bonds. The van der Waals surface area contributed by atoms with E-state index in [9.17, 15) is 24.3 Å². The molecule has 0 radical (unpaired) electrons.